The molecule has 6 nitrogen and oxygen atoms in total. The second-order valence-electron chi connectivity index (χ2n) is 8.39. The number of anilines is 1. The first-order valence-corrected chi connectivity index (χ1v) is 11.0. The van der Waals surface area contributed by atoms with Gasteiger partial charge in [0.1, 0.15) is 24.0 Å². The molecule has 0 spiro atoms. The molecule has 1 atom stereocenters. The number of hydrogen-bond donors (Lipinski definition) is 1. The lowest BCUT2D eigenvalue weighted by Crippen LogP contribution is -2.38. The van der Waals surface area contributed by atoms with Crippen LogP contribution < -0.4 is 19.1 Å². The maximum Gasteiger partial charge on any atom is 0.264 e. The molecular weight excluding hydrogens is 444 g/mol. The summed E-state index contributed by atoms with van der Waals surface area (Å²) in [4.78, 5) is 14.6. The van der Waals surface area contributed by atoms with Gasteiger partial charge in [0.25, 0.3) is 5.91 Å². The van der Waals surface area contributed by atoms with Gasteiger partial charge in [0, 0.05) is 17.7 Å². The summed E-state index contributed by atoms with van der Waals surface area (Å²) in [6.45, 7) is 0.126. The van der Waals surface area contributed by atoms with Crippen molar-refractivity contribution in [3.8, 4) is 28.4 Å². The number of ether oxygens (including phenoxy) is 3. The molecule has 0 aromatic heterocycles. The number of methoxy groups -OCH3 is 1. The van der Waals surface area contributed by atoms with Gasteiger partial charge < -0.3 is 19.3 Å². The quantitative estimate of drug-likeness (QED) is 0.541. The van der Waals surface area contributed by atoms with Crippen LogP contribution in [0.2, 0.25) is 0 Å². The van der Waals surface area contributed by atoms with Crippen LogP contribution in [0, 0.1) is 17.6 Å². The molecule has 0 unspecified atom stereocenters. The number of fused-ring (bicyclic) bond motifs is 1. The van der Waals surface area contributed by atoms with Crippen LogP contribution in [0.5, 0.6) is 17.2 Å². The van der Waals surface area contributed by atoms with Crippen molar-refractivity contribution < 1.29 is 32.9 Å². The van der Waals surface area contributed by atoms with E-state index in [1.807, 2.05) is 0 Å². The number of benzene rings is 3. The number of carbonyl (C=O) groups excluding carboxylic acids is 1. The highest BCUT2D eigenvalue weighted by atomic mass is 19.1. The number of amides is 1. The predicted octanol–water partition coefficient (Wildman–Crippen LogP) is 4.79. The fourth-order valence-corrected chi connectivity index (χ4v) is 3.98. The number of aliphatic hydroxyl groups is 1. The first-order chi connectivity index (χ1) is 16.4. The van der Waals surface area contributed by atoms with Crippen LogP contribution in [0.25, 0.3) is 11.1 Å². The lowest BCUT2D eigenvalue weighted by atomic mass is 10.0. The number of nitrogens with zero attached hydrogens (tertiary/aromatic N) is 1. The zero-order valence-electron chi connectivity index (χ0n) is 18.5. The third-order valence-corrected chi connectivity index (χ3v) is 6.08. The van der Waals surface area contributed by atoms with Crippen molar-refractivity contribution in [1.82, 2.24) is 0 Å². The molecule has 34 heavy (non-hydrogen) atoms. The van der Waals surface area contributed by atoms with Crippen molar-refractivity contribution >= 4 is 11.6 Å². The lowest BCUT2D eigenvalue weighted by Gasteiger charge is -2.29. The van der Waals surface area contributed by atoms with Gasteiger partial charge in [-0.1, -0.05) is 6.07 Å². The summed E-state index contributed by atoms with van der Waals surface area (Å²) in [5.74, 6) is -0.108. The molecule has 3 aromatic carbocycles. The van der Waals surface area contributed by atoms with E-state index < -0.39 is 17.7 Å². The molecule has 0 saturated heterocycles. The maximum atomic E-state index is 14.2. The standard InChI is InChI=1S/C26H23F2NO5/c1-32-25-12-18(6-9-23(25)33-13-22(30)15-2-3-15)29-14-34-24-10-16(4-7-20(24)26(29)31)19-8-5-17(27)11-21(19)28/h4-12,15,22,30H,2-3,13-14H2,1H3/t22-/m0/s1. The molecule has 1 saturated carbocycles. The van der Waals surface area contributed by atoms with E-state index in [9.17, 15) is 18.7 Å². The number of halogens is 2. The topological polar surface area (TPSA) is 68.2 Å². The molecule has 5 rings (SSSR count). The lowest BCUT2D eigenvalue weighted by molar-refractivity contribution is 0.0879. The van der Waals surface area contributed by atoms with Crippen LogP contribution in [0.1, 0.15) is 23.2 Å². The first kappa shape index (κ1) is 22.2. The van der Waals surface area contributed by atoms with E-state index in [1.54, 1.807) is 36.4 Å². The summed E-state index contributed by atoms with van der Waals surface area (Å²) >= 11 is 0. The van der Waals surface area contributed by atoms with Gasteiger partial charge in [-0.05, 0) is 60.7 Å². The molecule has 176 valence electrons. The molecule has 0 radical (unpaired) electrons. The van der Waals surface area contributed by atoms with Crippen LogP contribution >= 0.6 is 0 Å². The smallest absolute Gasteiger partial charge is 0.264 e. The molecule has 3 aromatic rings. The fourth-order valence-electron chi connectivity index (χ4n) is 3.98. The molecule has 2 aliphatic rings. The minimum absolute atomic E-state index is 0.0507. The van der Waals surface area contributed by atoms with Gasteiger partial charge in [-0.3, -0.25) is 9.69 Å². The van der Waals surface area contributed by atoms with Crippen molar-refractivity contribution in [2.75, 3.05) is 25.3 Å². The van der Waals surface area contributed by atoms with E-state index in [4.69, 9.17) is 14.2 Å². The minimum Gasteiger partial charge on any atom is -0.493 e. The molecular formula is C26H23F2NO5. The van der Waals surface area contributed by atoms with Crippen LogP contribution in [0.4, 0.5) is 14.5 Å². The Kier molecular flexibility index (Phi) is 5.83. The zero-order valence-corrected chi connectivity index (χ0v) is 18.5. The third-order valence-electron chi connectivity index (χ3n) is 6.08. The van der Waals surface area contributed by atoms with Gasteiger partial charge in [-0.2, -0.15) is 0 Å². The average Bonchev–Trinajstić information content (AvgIpc) is 3.68. The Morgan fingerprint density at radius 3 is 2.59 bits per heavy atom. The van der Waals surface area contributed by atoms with E-state index >= 15 is 0 Å². The van der Waals surface area contributed by atoms with Crippen LogP contribution in [-0.2, 0) is 0 Å². The van der Waals surface area contributed by atoms with E-state index in [1.165, 1.54) is 24.1 Å². The predicted molar refractivity (Wildman–Crippen MR) is 121 cm³/mol. The van der Waals surface area contributed by atoms with Gasteiger partial charge in [-0.15, -0.1) is 0 Å². The van der Waals surface area contributed by atoms with Crippen LogP contribution in [0.15, 0.2) is 54.6 Å². The van der Waals surface area contributed by atoms with E-state index in [0.717, 1.165) is 18.9 Å². The molecule has 0 bridgehead atoms. The molecule has 1 N–H and O–H groups in total. The van der Waals surface area contributed by atoms with Gasteiger partial charge in [-0.25, -0.2) is 8.78 Å². The van der Waals surface area contributed by atoms with Crippen molar-refractivity contribution in [2.45, 2.75) is 18.9 Å². The van der Waals surface area contributed by atoms with E-state index in [2.05, 4.69) is 0 Å². The van der Waals surface area contributed by atoms with E-state index in [-0.39, 0.29) is 24.8 Å². The van der Waals surface area contributed by atoms with Crippen molar-refractivity contribution in [3.05, 3.63) is 71.8 Å². The van der Waals surface area contributed by atoms with Gasteiger partial charge in [0.15, 0.2) is 18.2 Å². The Morgan fingerprint density at radius 2 is 1.85 bits per heavy atom. The minimum atomic E-state index is -0.692. The van der Waals surface area contributed by atoms with Crippen molar-refractivity contribution in [1.29, 1.82) is 0 Å². The average molecular weight is 467 g/mol. The second-order valence-corrected chi connectivity index (χ2v) is 8.39. The van der Waals surface area contributed by atoms with Gasteiger partial charge in [0.2, 0.25) is 0 Å². The second kappa shape index (κ2) is 8.95. The summed E-state index contributed by atoms with van der Waals surface area (Å²) < 4.78 is 44.4. The molecule has 1 aliphatic heterocycles. The summed E-state index contributed by atoms with van der Waals surface area (Å²) in [7, 11) is 1.50. The summed E-state index contributed by atoms with van der Waals surface area (Å²) in [5.41, 5.74) is 1.57. The highest BCUT2D eigenvalue weighted by Gasteiger charge is 2.31. The number of carbonyl (C=O) groups is 1. The Balaban J connectivity index is 1.36. The number of hydrogen-bond acceptors (Lipinski definition) is 5. The number of aliphatic hydroxyl groups excluding tert-OH is 1. The Morgan fingerprint density at radius 1 is 1.06 bits per heavy atom. The zero-order chi connectivity index (χ0) is 23.8. The maximum absolute atomic E-state index is 14.2. The van der Waals surface area contributed by atoms with E-state index in [0.29, 0.717) is 40.0 Å². The van der Waals surface area contributed by atoms with Crippen molar-refractivity contribution in [3.63, 3.8) is 0 Å². The van der Waals surface area contributed by atoms with Crippen molar-refractivity contribution in [2.24, 2.45) is 5.92 Å². The first-order valence-electron chi connectivity index (χ1n) is 11.0. The molecule has 1 aliphatic carbocycles. The monoisotopic (exact) mass is 467 g/mol. The third kappa shape index (κ3) is 4.28. The molecule has 8 heteroatoms. The van der Waals surface area contributed by atoms with Crippen LogP contribution in [0.3, 0.4) is 0 Å². The van der Waals surface area contributed by atoms with Gasteiger partial charge in [0.05, 0.1) is 24.5 Å². The summed E-state index contributed by atoms with van der Waals surface area (Å²) in [6.07, 6.45) is 1.52. The molecule has 1 heterocycles. The Hall–Kier alpha value is -3.65. The highest BCUT2D eigenvalue weighted by Crippen LogP contribution is 2.38. The van der Waals surface area contributed by atoms with Gasteiger partial charge >= 0.3 is 0 Å². The SMILES string of the molecule is COc1cc(N2COc3cc(-c4ccc(F)cc4F)ccc3C2=O)ccc1OC[C@H](O)C1CC1. The molecule has 1 fully saturated rings. The Bertz CT molecular complexity index is 1240. The normalized spacial score (nSPS) is 16.0. The summed E-state index contributed by atoms with van der Waals surface area (Å²) in [6, 6.07) is 13.2. The Labute approximate surface area is 195 Å². The largest absolute Gasteiger partial charge is 0.493 e. The number of rotatable bonds is 7. The van der Waals surface area contributed by atoms with Crippen LogP contribution in [-0.4, -0.2) is 37.6 Å². The molecule has 1 amide bonds. The summed E-state index contributed by atoms with van der Waals surface area (Å²) in [5, 5.41) is 10.0. The highest BCUT2D eigenvalue weighted by molar-refractivity contribution is 6.09. The fraction of sp³-hybridized carbons (Fsp3) is 0.269.